The summed E-state index contributed by atoms with van der Waals surface area (Å²) >= 11 is 0. The average Bonchev–Trinajstić information content (AvgIpc) is 3.23. The predicted octanol–water partition coefficient (Wildman–Crippen LogP) is 11.6. The van der Waals surface area contributed by atoms with E-state index in [-0.39, 0.29) is 11.8 Å². The highest BCUT2D eigenvalue weighted by atomic mass is 16.2. The molecule has 0 aliphatic rings. The number of nitrogens with two attached hydrogens (primary N) is 4. The molecule has 0 saturated heterocycles. The zero-order chi connectivity index (χ0) is 42.6. The van der Waals surface area contributed by atoms with Gasteiger partial charge < -0.3 is 32.7 Å². The minimum Gasteiger partial charge on any atom is -0.340 e. The van der Waals surface area contributed by atoms with Gasteiger partial charge in [0.05, 0.1) is 12.1 Å². The van der Waals surface area contributed by atoms with Crippen LogP contribution in [0.3, 0.4) is 0 Å². The Balaban J connectivity index is 4.85. The van der Waals surface area contributed by atoms with Gasteiger partial charge in [-0.3, -0.25) is 9.59 Å². The number of allylic oxidation sites excluding steroid dienone is 4. The summed E-state index contributed by atoms with van der Waals surface area (Å²) in [5.41, 5.74) is 24.3. The van der Waals surface area contributed by atoms with Gasteiger partial charge in [-0.1, -0.05) is 167 Å². The first-order chi connectivity index (χ1) is 28.4. The summed E-state index contributed by atoms with van der Waals surface area (Å²) in [5, 5.41) is 0. The molecule has 0 spiro atoms. The highest BCUT2D eigenvalue weighted by Gasteiger charge is 2.24. The third-order valence-electron chi connectivity index (χ3n) is 11.7. The van der Waals surface area contributed by atoms with Crippen molar-refractivity contribution in [2.45, 2.75) is 244 Å². The van der Waals surface area contributed by atoms with Crippen LogP contribution in [0.4, 0.5) is 0 Å². The molecule has 0 heterocycles. The van der Waals surface area contributed by atoms with Crippen molar-refractivity contribution in [3.8, 4) is 0 Å². The molecule has 0 aromatic rings. The van der Waals surface area contributed by atoms with Gasteiger partial charge in [-0.2, -0.15) is 0 Å². The topological polar surface area (TPSA) is 145 Å². The summed E-state index contributed by atoms with van der Waals surface area (Å²) in [6.07, 6.45) is 49.4. The lowest BCUT2D eigenvalue weighted by atomic mass is 10.1. The van der Waals surface area contributed by atoms with E-state index >= 15 is 0 Å². The van der Waals surface area contributed by atoms with Crippen LogP contribution >= 0.6 is 0 Å². The van der Waals surface area contributed by atoms with E-state index in [2.05, 4.69) is 38.2 Å². The van der Waals surface area contributed by atoms with E-state index < -0.39 is 12.1 Å². The molecule has 0 aromatic carbocycles. The number of amides is 2. The summed E-state index contributed by atoms with van der Waals surface area (Å²) in [6, 6.07) is -1.06. The van der Waals surface area contributed by atoms with E-state index in [9.17, 15) is 9.59 Å². The van der Waals surface area contributed by atoms with Crippen LogP contribution in [0.2, 0.25) is 0 Å². The first-order valence-electron chi connectivity index (χ1n) is 25.2. The van der Waals surface area contributed by atoms with Crippen LogP contribution in [-0.4, -0.2) is 73.0 Å². The third kappa shape index (κ3) is 36.1. The maximum Gasteiger partial charge on any atom is 0.239 e. The van der Waals surface area contributed by atoms with Crippen molar-refractivity contribution in [1.82, 2.24) is 9.80 Å². The first-order valence-corrected chi connectivity index (χ1v) is 25.2. The van der Waals surface area contributed by atoms with E-state index in [0.29, 0.717) is 52.1 Å². The van der Waals surface area contributed by atoms with Crippen molar-refractivity contribution >= 4 is 11.8 Å². The molecule has 2 atom stereocenters. The second-order valence-electron chi connectivity index (χ2n) is 17.3. The Morgan fingerprint density at radius 1 is 0.379 bits per heavy atom. The summed E-state index contributed by atoms with van der Waals surface area (Å²) in [5.74, 6) is 0.00308. The quantitative estimate of drug-likeness (QED) is 0.0356. The lowest BCUT2D eigenvalue weighted by Gasteiger charge is -2.31. The van der Waals surface area contributed by atoms with Crippen LogP contribution in [0, 0.1) is 0 Å². The molecule has 0 saturated carbocycles. The number of carbonyl (C=O) groups excluding carboxylic acids is 2. The number of nitrogens with zero attached hydrogens (tertiary/aromatic N) is 2. The van der Waals surface area contributed by atoms with Gasteiger partial charge >= 0.3 is 0 Å². The van der Waals surface area contributed by atoms with E-state index in [0.717, 1.165) is 51.4 Å². The van der Waals surface area contributed by atoms with Crippen molar-refractivity contribution in [2.24, 2.45) is 22.9 Å². The first kappa shape index (κ1) is 56.3. The van der Waals surface area contributed by atoms with Crippen LogP contribution in [0.5, 0.6) is 0 Å². The van der Waals surface area contributed by atoms with Crippen molar-refractivity contribution in [2.75, 3.05) is 39.3 Å². The van der Waals surface area contributed by atoms with Crippen LogP contribution in [-0.2, 0) is 9.59 Å². The Hall–Kier alpha value is -1.74. The van der Waals surface area contributed by atoms with E-state index in [1.807, 2.05) is 9.80 Å². The Kier molecular flexibility index (Phi) is 43.5. The lowest BCUT2D eigenvalue weighted by Crippen LogP contribution is -2.50. The molecule has 8 nitrogen and oxygen atoms in total. The third-order valence-corrected chi connectivity index (χ3v) is 11.7. The molecule has 0 bridgehead atoms. The Labute approximate surface area is 360 Å². The normalized spacial score (nSPS) is 12.9. The highest BCUT2D eigenvalue weighted by molar-refractivity contribution is 5.82. The summed E-state index contributed by atoms with van der Waals surface area (Å²) in [6.45, 7) is 8.14. The monoisotopic (exact) mass is 817 g/mol. The molecular weight excluding hydrogens is 717 g/mol. The number of rotatable bonds is 45. The van der Waals surface area contributed by atoms with Crippen molar-refractivity contribution in [1.29, 1.82) is 0 Å². The molecule has 0 fully saturated rings. The van der Waals surface area contributed by atoms with Gasteiger partial charge in [0.1, 0.15) is 0 Å². The molecular formula is C50H100N6O2. The fourth-order valence-electron chi connectivity index (χ4n) is 7.74. The number of carbonyl (C=O) groups is 2. The van der Waals surface area contributed by atoms with Crippen molar-refractivity contribution < 1.29 is 9.59 Å². The summed E-state index contributed by atoms with van der Waals surface area (Å²) in [4.78, 5) is 31.2. The number of hydrogen-bond acceptors (Lipinski definition) is 6. The molecule has 0 rings (SSSR count). The van der Waals surface area contributed by atoms with Gasteiger partial charge in [-0.15, -0.1) is 0 Å². The van der Waals surface area contributed by atoms with Gasteiger partial charge in [-0.05, 0) is 103 Å². The van der Waals surface area contributed by atoms with Crippen LogP contribution in [0.15, 0.2) is 24.3 Å². The van der Waals surface area contributed by atoms with E-state index in [4.69, 9.17) is 22.9 Å². The minimum absolute atomic E-state index is 0.00154. The standard InChI is InChI=1S/C50H100N6O2/c1-3-5-7-9-11-13-15-17-19-21-23-25-27-29-31-37-43-55(49(57)47(53)39-33-35-41-51)45-46-56(50(58)48(54)40-34-36-42-52)44-38-32-30-28-26-24-22-20-18-16-14-12-10-8-6-4-2/h17-20,47-48H,3-16,21-46,51-54H2,1-2H3. The molecule has 0 aliphatic carbocycles. The largest absolute Gasteiger partial charge is 0.340 e. The maximum atomic E-state index is 13.7. The van der Waals surface area contributed by atoms with E-state index in [1.54, 1.807) is 0 Å². The average molecular weight is 817 g/mol. The maximum absolute atomic E-state index is 13.7. The number of hydrogen-bond donors (Lipinski definition) is 4. The Morgan fingerprint density at radius 2 is 0.655 bits per heavy atom. The predicted molar refractivity (Wildman–Crippen MR) is 254 cm³/mol. The summed E-state index contributed by atoms with van der Waals surface area (Å²) in [7, 11) is 0. The van der Waals surface area contributed by atoms with Crippen molar-refractivity contribution in [3.05, 3.63) is 24.3 Å². The van der Waals surface area contributed by atoms with Crippen molar-refractivity contribution in [3.63, 3.8) is 0 Å². The lowest BCUT2D eigenvalue weighted by molar-refractivity contribution is -0.137. The van der Waals surface area contributed by atoms with Crippen LogP contribution in [0.25, 0.3) is 0 Å². The zero-order valence-corrected chi connectivity index (χ0v) is 38.8. The SMILES string of the molecule is CCCCCCCCC=CCCCCCCCCN(CCN(CCCCCCCCC=CCCCCCCCC)C(=O)C(N)CCCCN)C(=O)C(N)CCCCN. The molecule has 58 heavy (non-hydrogen) atoms. The molecule has 2 unspecified atom stereocenters. The Morgan fingerprint density at radius 3 is 0.948 bits per heavy atom. The van der Waals surface area contributed by atoms with Crippen LogP contribution in [0.1, 0.15) is 232 Å². The van der Waals surface area contributed by atoms with Gasteiger partial charge in [0.25, 0.3) is 0 Å². The molecule has 0 aliphatic heterocycles. The van der Waals surface area contributed by atoms with Gasteiger partial charge in [0, 0.05) is 26.2 Å². The molecule has 342 valence electrons. The number of unbranched alkanes of at least 4 members (excludes halogenated alkanes) is 26. The summed E-state index contributed by atoms with van der Waals surface area (Å²) < 4.78 is 0. The van der Waals surface area contributed by atoms with Gasteiger partial charge in [0.2, 0.25) is 11.8 Å². The zero-order valence-electron chi connectivity index (χ0n) is 38.8. The van der Waals surface area contributed by atoms with Gasteiger partial charge in [0.15, 0.2) is 0 Å². The molecule has 2 amide bonds. The fraction of sp³-hybridized carbons (Fsp3) is 0.880. The molecule has 8 N–H and O–H groups in total. The van der Waals surface area contributed by atoms with E-state index in [1.165, 1.54) is 154 Å². The second kappa shape index (κ2) is 44.8. The highest BCUT2D eigenvalue weighted by Crippen LogP contribution is 2.14. The second-order valence-corrected chi connectivity index (χ2v) is 17.3. The molecule has 0 radical (unpaired) electrons. The smallest absolute Gasteiger partial charge is 0.239 e. The minimum atomic E-state index is -0.529. The molecule has 0 aromatic heterocycles. The molecule has 8 heteroatoms. The Bertz CT molecular complexity index is 869. The van der Waals surface area contributed by atoms with Crippen LogP contribution < -0.4 is 22.9 Å². The fourth-order valence-corrected chi connectivity index (χ4v) is 7.74. The van der Waals surface area contributed by atoms with Gasteiger partial charge in [-0.25, -0.2) is 0 Å².